The number of benzene rings is 1. The fraction of sp³-hybridized carbons (Fsp3) is 0.158. The molecule has 0 amide bonds. The van der Waals surface area contributed by atoms with Gasteiger partial charge >= 0.3 is 5.97 Å². The summed E-state index contributed by atoms with van der Waals surface area (Å²) in [5.74, 6) is -1.29. The van der Waals surface area contributed by atoms with Crippen LogP contribution in [0.25, 0.3) is 10.9 Å². The van der Waals surface area contributed by atoms with Crippen LogP contribution in [-0.2, 0) is 13.0 Å². The van der Waals surface area contributed by atoms with E-state index in [1.807, 2.05) is 12.1 Å². The van der Waals surface area contributed by atoms with Crippen LogP contribution in [0.5, 0.6) is 0 Å². The number of hydrogen-bond donors (Lipinski definition) is 3. The first-order valence-electron chi connectivity index (χ1n) is 7.72. The van der Waals surface area contributed by atoms with E-state index < -0.39 is 11.4 Å². The second-order valence-electron chi connectivity index (χ2n) is 5.46. The number of allylic oxidation sites excluding steroid dienone is 4. The third kappa shape index (κ3) is 4.05. The Labute approximate surface area is 144 Å². The maximum absolute atomic E-state index is 12.5. The van der Waals surface area contributed by atoms with Gasteiger partial charge in [0.2, 0.25) is 5.43 Å². The van der Waals surface area contributed by atoms with Gasteiger partial charge in [-0.3, -0.25) is 4.79 Å². The van der Waals surface area contributed by atoms with Crippen molar-refractivity contribution in [3.8, 4) is 0 Å². The van der Waals surface area contributed by atoms with E-state index in [1.54, 1.807) is 28.9 Å². The van der Waals surface area contributed by atoms with Crippen LogP contribution in [0.3, 0.4) is 0 Å². The van der Waals surface area contributed by atoms with Gasteiger partial charge in [0, 0.05) is 18.1 Å². The molecule has 2 rings (SSSR count). The molecule has 1 heterocycles. The van der Waals surface area contributed by atoms with Gasteiger partial charge in [-0.05, 0) is 42.0 Å². The average molecular weight is 340 g/mol. The first-order chi connectivity index (χ1) is 12.0. The number of carboxylic acid groups (broad SMARTS) is 1. The van der Waals surface area contributed by atoms with Crippen molar-refractivity contribution < 1.29 is 15.0 Å². The van der Waals surface area contributed by atoms with Crippen LogP contribution in [0, 0.1) is 0 Å². The Morgan fingerprint density at radius 2 is 2.12 bits per heavy atom. The molecule has 1 aromatic heterocycles. The summed E-state index contributed by atoms with van der Waals surface area (Å²) < 4.78 is 1.57. The van der Waals surface area contributed by atoms with Crippen molar-refractivity contribution in [2.45, 2.75) is 13.0 Å². The molecule has 0 saturated heterocycles. The van der Waals surface area contributed by atoms with Gasteiger partial charge in [0.15, 0.2) is 0 Å². The van der Waals surface area contributed by atoms with E-state index in [0.29, 0.717) is 17.3 Å². The van der Waals surface area contributed by atoms with Crippen molar-refractivity contribution in [2.24, 2.45) is 5.73 Å². The lowest BCUT2D eigenvalue weighted by Crippen LogP contribution is -2.19. The van der Waals surface area contributed by atoms with Gasteiger partial charge in [0.25, 0.3) is 0 Å². The van der Waals surface area contributed by atoms with Gasteiger partial charge in [-0.1, -0.05) is 24.8 Å². The number of rotatable bonds is 7. The average Bonchev–Trinajstić information content (AvgIpc) is 2.58. The van der Waals surface area contributed by atoms with E-state index in [9.17, 15) is 19.8 Å². The number of pyridine rings is 1. The molecular weight excluding hydrogens is 320 g/mol. The van der Waals surface area contributed by atoms with E-state index in [1.165, 1.54) is 12.4 Å². The molecule has 0 atom stereocenters. The lowest BCUT2D eigenvalue weighted by molar-refractivity contribution is 0.0694. The fourth-order valence-electron chi connectivity index (χ4n) is 2.68. The number of aromatic carboxylic acids is 1. The normalized spacial score (nSPS) is 12.0. The van der Waals surface area contributed by atoms with E-state index in [0.717, 1.165) is 11.1 Å². The van der Waals surface area contributed by atoms with Crippen molar-refractivity contribution in [3.63, 3.8) is 0 Å². The summed E-state index contributed by atoms with van der Waals surface area (Å²) in [6, 6.07) is 5.29. The Bertz CT molecular complexity index is 923. The predicted octanol–water partition coefficient (Wildman–Crippen LogP) is 1.82. The number of hydrogen-bond acceptors (Lipinski definition) is 4. The van der Waals surface area contributed by atoms with E-state index in [4.69, 9.17) is 5.73 Å². The highest BCUT2D eigenvalue weighted by Crippen LogP contribution is 2.17. The number of carbonyl (C=O) groups is 1. The van der Waals surface area contributed by atoms with Crippen LogP contribution in [-0.4, -0.2) is 27.4 Å². The van der Waals surface area contributed by atoms with Crippen LogP contribution in [0.15, 0.2) is 65.8 Å². The number of nitrogens with zero attached hydrogens (tertiary/aromatic N) is 1. The molecule has 1 aromatic carbocycles. The third-order valence-corrected chi connectivity index (χ3v) is 3.77. The fourth-order valence-corrected chi connectivity index (χ4v) is 2.68. The van der Waals surface area contributed by atoms with Crippen molar-refractivity contribution in [3.05, 3.63) is 82.3 Å². The zero-order valence-corrected chi connectivity index (χ0v) is 13.7. The van der Waals surface area contributed by atoms with Gasteiger partial charge in [0.1, 0.15) is 5.56 Å². The summed E-state index contributed by atoms with van der Waals surface area (Å²) in [5.41, 5.74) is 6.91. The number of aromatic nitrogens is 1. The minimum absolute atomic E-state index is 0.160. The van der Waals surface area contributed by atoms with Crippen molar-refractivity contribution in [2.75, 3.05) is 6.61 Å². The molecule has 0 aliphatic rings. The second-order valence-corrected chi connectivity index (χ2v) is 5.46. The molecule has 0 saturated carbocycles. The minimum Gasteiger partial charge on any atom is -0.477 e. The maximum Gasteiger partial charge on any atom is 0.341 e. The summed E-state index contributed by atoms with van der Waals surface area (Å²) in [7, 11) is 0. The Kier molecular flexibility index (Phi) is 5.92. The van der Waals surface area contributed by atoms with E-state index in [2.05, 4.69) is 6.58 Å². The Morgan fingerprint density at radius 1 is 1.36 bits per heavy atom. The molecule has 0 fully saturated rings. The highest BCUT2D eigenvalue weighted by atomic mass is 16.4. The summed E-state index contributed by atoms with van der Waals surface area (Å²) in [6.07, 6.45) is 8.41. The van der Waals surface area contributed by atoms with Crippen LogP contribution in [0.1, 0.15) is 15.9 Å². The lowest BCUT2D eigenvalue weighted by atomic mass is 10.0. The van der Waals surface area contributed by atoms with Gasteiger partial charge < -0.3 is 20.5 Å². The van der Waals surface area contributed by atoms with Crippen molar-refractivity contribution in [1.82, 2.24) is 4.57 Å². The molecule has 6 nitrogen and oxygen atoms in total. The molecule has 0 bridgehead atoms. The molecule has 0 unspecified atom stereocenters. The minimum atomic E-state index is -1.29. The smallest absolute Gasteiger partial charge is 0.341 e. The van der Waals surface area contributed by atoms with Gasteiger partial charge in [0.05, 0.1) is 12.1 Å². The largest absolute Gasteiger partial charge is 0.477 e. The zero-order valence-electron chi connectivity index (χ0n) is 13.7. The Balaban J connectivity index is 2.63. The van der Waals surface area contributed by atoms with Crippen molar-refractivity contribution >= 4 is 16.9 Å². The molecule has 0 aliphatic heterocycles. The molecule has 0 spiro atoms. The van der Waals surface area contributed by atoms with Gasteiger partial charge in [-0.2, -0.15) is 0 Å². The van der Waals surface area contributed by atoms with Crippen LogP contribution in [0.2, 0.25) is 0 Å². The summed E-state index contributed by atoms with van der Waals surface area (Å²) in [4.78, 5) is 23.8. The molecule has 25 heavy (non-hydrogen) atoms. The first-order valence-corrected chi connectivity index (χ1v) is 7.72. The monoisotopic (exact) mass is 340 g/mol. The Morgan fingerprint density at radius 3 is 2.72 bits per heavy atom. The van der Waals surface area contributed by atoms with E-state index in [-0.39, 0.29) is 18.7 Å². The second kappa shape index (κ2) is 8.12. The van der Waals surface area contributed by atoms with Crippen LogP contribution in [0.4, 0.5) is 0 Å². The quantitative estimate of drug-likeness (QED) is 0.667. The van der Waals surface area contributed by atoms with Gasteiger partial charge in [-0.15, -0.1) is 0 Å². The summed E-state index contributed by atoms with van der Waals surface area (Å²) in [6.45, 7) is 3.70. The molecular formula is C19H20N2O4. The van der Waals surface area contributed by atoms with E-state index >= 15 is 0 Å². The number of carboxylic acids is 1. The topological polar surface area (TPSA) is 106 Å². The maximum atomic E-state index is 12.5. The SMILES string of the molecule is C=C/C=C(\C=C/N)Cc1ccc2c(c1)c(=O)c(C(=O)O)cn2CCO. The molecule has 2 aromatic rings. The Hall–Kier alpha value is -3.12. The van der Waals surface area contributed by atoms with Crippen molar-refractivity contribution in [1.29, 1.82) is 0 Å². The molecule has 4 N–H and O–H groups in total. The highest BCUT2D eigenvalue weighted by molar-refractivity contribution is 5.92. The van der Waals surface area contributed by atoms with Crippen LogP contribution < -0.4 is 11.2 Å². The predicted molar refractivity (Wildman–Crippen MR) is 97.6 cm³/mol. The molecule has 0 aliphatic carbocycles. The van der Waals surface area contributed by atoms with Gasteiger partial charge in [-0.25, -0.2) is 4.79 Å². The number of nitrogens with two attached hydrogens (primary N) is 1. The molecule has 0 radical (unpaired) electrons. The first kappa shape index (κ1) is 18.2. The lowest BCUT2D eigenvalue weighted by Gasteiger charge is -2.12. The highest BCUT2D eigenvalue weighted by Gasteiger charge is 2.15. The standard InChI is InChI=1S/C19H20N2O4/c1-2-3-13(6-7-20)10-14-4-5-17-15(11-14)18(23)16(19(24)25)12-21(17)8-9-22/h2-7,11-12,22H,1,8-10,20H2,(H,24,25)/b7-6-,13-3+. The van der Waals surface area contributed by atoms with Crippen LogP contribution >= 0.6 is 0 Å². The number of aliphatic hydroxyl groups is 1. The molecule has 130 valence electrons. The summed E-state index contributed by atoms with van der Waals surface area (Å²) in [5, 5.41) is 18.7. The number of fused-ring (bicyclic) bond motifs is 1. The third-order valence-electron chi connectivity index (χ3n) is 3.77. The molecule has 6 heteroatoms. The number of aliphatic hydroxyl groups excluding tert-OH is 1. The zero-order chi connectivity index (χ0) is 18.4. The summed E-state index contributed by atoms with van der Waals surface area (Å²) >= 11 is 0.